The number of esters is 2. The fraction of sp³-hybridized carbons (Fsp3) is 0.571. The van der Waals surface area contributed by atoms with E-state index in [-0.39, 0.29) is 5.88 Å². The van der Waals surface area contributed by atoms with Crippen LogP contribution < -0.4 is 5.32 Å². The number of hydrogen-bond donors (Lipinski definition) is 3. The van der Waals surface area contributed by atoms with Crippen molar-refractivity contribution in [3.63, 3.8) is 0 Å². The minimum absolute atomic E-state index is 0.0108. The van der Waals surface area contributed by atoms with Crippen LogP contribution >= 0.6 is 12.6 Å². The molecule has 8 heteroatoms. The SMILES string of the molecule is CC(OC(=O)CO)C(=O)OC(=O)NCS. The highest BCUT2D eigenvalue weighted by molar-refractivity contribution is 7.80. The zero-order chi connectivity index (χ0) is 11.8. The number of alkyl carbamates (subject to hydrolysis) is 1. The smallest absolute Gasteiger partial charge is 0.415 e. The van der Waals surface area contributed by atoms with Crippen LogP contribution in [0.25, 0.3) is 0 Å². The first-order valence-corrected chi connectivity index (χ1v) is 4.55. The van der Waals surface area contributed by atoms with E-state index in [0.29, 0.717) is 0 Å². The van der Waals surface area contributed by atoms with Crippen molar-refractivity contribution in [2.45, 2.75) is 13.0 Å². The largest absolute Gasteiger partial charge is 0.449 e. The average Bonchev–Trinajstić information content (AvgIpc) is 2.17. The summed E-state index contributed by atoms with van der Waals surface area (Å²) in [5, 5.41) is 10.4. The summed E-state index contributed by atoms with van der Waals surface area (Å²) < 4.78 is 8.58. The van der Waals surface area contributed by atoms with Crippen LogP contribution in [0.3, 0.4) is 0 Å². The summed E-state index contributed by atoms with van der Waals surface area (Å²) in [4.78, 5) is 32.3. The monoisotopic (exact) mass is 237 g/mol. The molecular formula is C7H11NO6S. The van der Waals surface area contributed by atoms with Gasteiger partial charge < -0.3 is 19.9 Å². The fourth-order valence-corrected chi connectivity index (χ4v) is 0.687. The van der Waals surface area contributed by atoms with Gasteiger partial charge in [0.05, 0.1) is 5.88 Å². The van der Waals surface area contributed by atoms with Gasteiger partial charge in [-0.25, -0.2) is 14.4 Å². The van der Waals surface area contributed by atoms with Crippen LogP contribution in [0.4, 0.5) is 4.79 Å². The molecule has 0 aliphatic carbocycles. The molecule has 1 atom stereocenters. The number of aliphatic hydroxyl groups is 1. The fourth-order valence-electron chi connectivity index (χ4n) is 0.558. The molecule has 0 aromatic rings. The van der Waals surface area contributed by atoms with Crippen LogP contribution in [0.1, 0.15) is 6.92 Å². The van der Waals surface area contributed by atoms with E-state index < -0.39 is 30.7 Å². The van der Waals surface area contributed by atoms with E-state index in [2.05, 4.69) is 27.4 Å². The van der Waals surface area contributed by atoms with Crippen LogP contribution in [-0.2, 0) is 19.1 Å². The van der Waals surface area contributed by atoms with Gasteiger partial charge >= 0.3 is 18.0 Å². The summed E-state index contributed by atoms with van der Waals surface area (Å²) in [6.07, 6.45) is -2.24. The molecular weight excluding hydrogens is 226 g/mol. The predicted octanol–water partition coefficient (Wildman–Crippen LogP) is -0.950. The first kappa shape index (κ1) is 13.7. The Morgan fingerprint density at radius 2 is 2.07 bits per heavy atom. The Labute approximate surface area is 91.1 Å². The topological polar surface area (TPSA) is 102 Å². The molecule has 15 heavy (non-hydrogen) atoms. The zero-order valence-corrected chi connectivity index (χ0v) is 8.82. The molecule has 0 saturated carbocycles. The molecule has 0 rings (SSSR count). The van der Waals surface area contributed by atoms with Gasteiger partial charge in [-0.15, -0.1) is 0 Å². The maximum absolute atomic E-state index is 11.0. The summed E-state index contributed by atoms with van der Waals surface area (Å²) in [5.41, 5.74) is 0. The molecule has 0 aromatic carbocycles. The number of rotatable bonds is 4. The maximum atomic E-state index is 11.0. The Bertz CT molecular complexity index is 256. The molecule has 2 N–H and O–H groups in total. The van der Waals surface area contributed by atoms with Crippen molar-refractivity contribution in [2.75, 3.05) is 12.5 Å². The molecule has 0 aromatic heterocycles. The lowest BCUT2D eigenvalue weighted by atomic mass is 10.4. The third kappa shape index (κ3) is 5.92. The second-order valence-corrected chi connectivity index (χ2v) is 2.65. The van der Waals surface area contributed by atoms with Crippen molar-refractivity contribution in [2.24, 2.45) is 0 Å². The number of aliphatic hydroxyl groups excluding tert-OH is 1. The number of hydrogen-bond acceptors (Lipinski definition) is 7. The molecule has 0 heterocycles. The quantitative estimate of drug-likeness (QED) is 0.252. The Hall–Kier alpha value is -1.28. The molecule has 1 amide bonds. The molecule has 86 valence electrons. The summed E-state index contributed by atoms with van der Waals surface area (Å²) in [7, 11) is 0. The second kappa shape index (κ2) is 7.07. The molecule has 0 fully saturated rings. The van der Waals surface area contributed by atoms with Crippen LogP contribution in [0.2, 0.25) is 0 Å². The van der Waals surface area contributed by atoms with Crippen LogP contribution in [0.5, 0.6) is 0 Å². The maximum Gasteiger partial charge on any atom is 0.415 e. The third-order valence-electron chi connectivity index (χ3n) is 1.19. The van der Waals surface area contributed by atoms with Crippen LogP contribution in [0.15, 0.2) is 0 Å². The van der Waals surface area contributed by atoms with E-state index in [9.17, 15) is 14.4 Å². The second-order valence-electron chi connectivity index (χ2n) is 2.33. The van der Waals surface area contributed by atoms with Gasteiger partial charge in [-0.1, -0.05) is 0 Å². The van der Waals surface area contributed by atoms with E-state index in [4.69, 9.17) is 5.11 Å². The molecule has 1 unspecified atom stereocenters. The first-order chi connectivity index (χ1) is 7.01. The normalized spacial score (nSPS) is 11.4. The Balaban J connectivity index is 3.99. The number of carbonyl (C=O) groups excluding carboxylic acids is 3. The average molecular weight is 237 g/mol. The van der Waals surface area contributed by atoms with Crippen LogP contribution in [-0.4, -0.2) is 41.7 Å². The van der Waals surface area contributed by atoms with Gasteiger partial charge in [0.1, 0.15) is 6.61 Å². The highest BCUT2D eigenvalue weighted by Gasteiger charge is 2.21. The zero-order valence-electron chi connectivity index (χ0n) is 7.93. The number of amides is 1. The summed E-state index contributed by atoms with van der Waals surface area (Å²) in [5.74, 6) is -2.00. The third-order valence-corrected chi connectivity index (χ3v) is 1.34. The van der Waals surface area contributed by atoms with Gasteiger partial charge in [0.15, 0.2) is 6.10 Å². The van der Waals surface area contributed by atoms with Gasteiger partial charge in [0.2, 0.25) is 0 Å². The Morgan fingerprint density at radius 1 is 1.47 bits per heavy atom. The molecule has 0 aliphatic rings. The molecule has 0 radical (unpaired) electrons. The molecule has 0 saturated heterocycles. The Kier molecular flexibility index (Phi) is 6.47. The number of nitrogens with one attached hydrogen (secondary N) is 1. The van der Waals surface area contributed by atoms with Gasteiger partial charge in [0.25, 0.3) is 0 Å². The molecule has 7 nitrogen and oxygen atoms in total. The van der Waals surface area contributed by atoms with E-state index in [1.54, 1.807) is 0 Å². The van der Waals surface area contributed by atoms with Crippen molar-refractivity contribution >= 4 is 30.7 Å². The Morgan fingerprint density at radius 3 is 2.53 bits per heavy atom. The highest BCUT2D eigenvalue weighted by Crippen LogP contribution is 1.95. The van der Waals surface area contributed by atoms with Gasteiger partial charge in [-0.05, 0) is 6.92 Å². The van der Waals surface area contributed by atoms with Crippen molar-refractivity contribution in [3.8, 4) is 0 Å². The number of thiol groups is 1. The van der Waals surface area contributed by atoms with E-state index >= 15 is 0 Å². The van der Waals surface area contributed by atoms with Crippen molar-refractivity contribution in [1.29, 1.82) is 0 Å². The summed E-state index contributed by atoms with van der Waals surface area (Å²) in [6, 6.07) is 0. The van der Waals surface area contributed by atoms with Gasteiger partial charge in [0, 0.05) is 0 Å². The number of carbonyl (C=O) groups is 3. The minimum atomic E-state index is -1.25. The van der Waals surface area contributed by atoms with Gasteiger partial charge in [-0.2, -0.15) is 12.6 Å². The summed E-state index contributed by atoms with van der Waals surface area (Å²) >= 11 is 3.66. The van der Waals surface area contributed by atoms with Crippen molar-refractivity contribution in [3.05, 3.63) is 0 Å². The lowest BCUT2D eigenvalue weighted by molar-refractivity contribution is -0.164. The summed E-state index contributed by atoms with van der Waals surface area (Å²) in [6.45, 7) is 0.365. The van der Waals surface area contributed by atoms with Gasteiger partial charge in [-0.3, -0.25) is 0 Å². The highest BCUT2D eigenvalue weighted by atomic mass is 32.1. The van der Waals surface area contributed by atoms with E-state index in [0.717, 1.165) is 0 Å². The molecule has 0 bridgehead atoms. The van der Waals surface area contributed by atoms with Crippen LogP contribution in [0, 0.1) is 0 Å². The predicted molar refractivity (Wildman–Crippen MR) is 51.1 cm³/mol. The lowest BCUT2D eigenvalue weighted by Gasteiger charge is -2.10. The lowest BCUT2D eigenvalue weighted by Crippen LogP contribution is -2.33. The van der Waals surface area contributed by atoms with Crippen molar-refractivity contribution < 1.29 is 29.0 Å². The first-order valence-electron chi connectivity index (χ1n) is 3.92. The minimum Gasteiger partial charge on any atom is -0.449 e. The van der Waals surface area contributed by atoms with E-state index in [1.807, 2.05) is 0 Å². The standard InChI is InChI=1S/C7H11NO6S/c1-4(13-5(10)2-9)6(11)14-7(12)8-3-15/h4,9,15H,2-3H2,1H3,(H,8,12). The number of ether oxygens (including phenoxy) is 2. The molecule has 0 spiro atoms. The van der Waals surface area contributed by atoms with Crippen molar-refractivity contribution in [1.82, 2.24) is 5.32 Å². The van der Waals surface area contributed by atoms with E-state index in [1.165, 1.54) is 6.92 Å². The molecule has 0 aliphatic heterocycles.